The second kappa shape index (κ2) is 6.39. The third-order valence-electron chi connectivity index (χ3n) is 2.88. The van der Waals surface area contributed by atoms with Crippen LogP contribution in [0.4, 0.5) is 14.9 Å². The number of hydrogen-bond donors (Lipinski definition) is 2. The van der Waals surface area contributed by atoms with Gasteiger partial charge in [0.25, 0.3) is 0 Å². The van der Waals surface area contributed by atoms with E-state index < -0.39 is 11.8 Å². The predicted molar refractivity (Wildman–Crippen MR) is 78.4 cm³/mol. The standard InChI is InChI=1S/C15H14ClFN2O/c1-10-4-2-3-5-11(10)9-18-15(20)19-14-7-6-12(16)8-13(14)17/h2-8H,9H2,1H3,(H2,18,19,20). The number of nitrogens with one attached hydrogen (secondary N) is 2. The topological polar surface area (TPSA) is 41.1 Å². The average molecular weight is 293 g/mol. The van der Waals surface area contributed by atoms with Crippen molar-refractivity contribution in [1.29, 1.82) is 0 Å². The van der Waals surface area contributed by atoms with Crippen LogP contribution in [0.3, 0.4) is 0 Å². The first-order valence-electron chi connectivity index (χ1n) is 6.10. The van der Waals surface area contributed by atoms with E-state index in [1.54, 1.807) is 0 Å². The highest BCUT2D eigenvalue weighted by Gasteiger charge is 2.07. The van der Waals surface area contributed by atoms with Crippen LogP contribution in [0.1, 0.15) is 11.1 Å². The molecule has 0 aliphatic rings. The normalized spacial score (nSPS) is 10.2. The van der Waals surface area contributed by atoms with E-state index in [2.05, 4.69) is 10.6 Å². The number of benzene rings is 2. The van der Waals surface area contributed by atoms with Crippen molar-refractivity contribution in [2.45, 2.75) is 13.5 Å². The number of halogens is 2. The molecule has 104 valence electrons. The minimum Gasteiger partial charge on any atom is -0.334 e. The fourth-order valence-corrected chi connectivity index (χ4v) is 1.90. The van der Waals surface area contributed by atoms with Crippen molar-refractivity contribution in [3.8, 4) is 0 Å². The molecule has 0 bridgehead atoms. The maximum absolute atomic E-state index is 13.5. The minimum atomic E-state index is -0.566. The number of hydrogen-bond acceptors (Lipinski definition) is 1. The van der Waals surface area contributed by atoms with E-state index in [-0.39, 0.29) is 10.7 Å². The van der Waals surface area contributed by atoms with Gasteiger partial charge in [-0.2, -0.15) is 0 Å². The molecular formula is C15H14ClFN2O. The highest BCUT2D eigenvalue weighted by molar-refractivity contribution is 6.30. The molecule has 2 aromatic carbocycles. The number of anilines is 1. The summed E-state index contributed by atoms with van der Waals surface area (Å²) in [5, 5.41) is 5.41. The maximum Gasteiger partial charge on any atom is 0.319 e. The van der Waals surface area contributed by atoms with Crippen molar-refractivity contribution in [2.24, 2.45) is 0 Å². The summed E-state index contributed by atoms with van der Waals surface area (Å²) in [6.45, 7) is 2.35. The van der Waals surface area contributed by atoms with Crippen LogP contribution in [0.5, 0.6) is 0 Å². The SMILES string of the molecule is Cc1ccccc1CNC(=O)Nc1ccc(Cl)cc1F. The fraction of sp³-hybridized carbons (Fsp3) is 0.133. The van der Waals surface area contributed by atoms with Gasteiger partial charge in [-0.1, -0.05) is 35.9 Å². The maximum atomic E-state index is 13.5. The first kappa shape index (κ1) is 14.3. The molecule has 2 amide bonds. The van der Waals surface area contributed by atoms with Crippen LogP contribution in [-0.2, 0) is 6.54 Å². The van der Waals surface area contributed by atoms with Crippen LogP contribution in [0.15, 0.2) is 42.5 Å². The van der Waals surface area contributed by atoms with Gasteiger partial charge in [0.1, 0.15) is 5.82 Å². The van der Waals surface area contributed by atoms with Crippen LogP contribution in [-0.4, -0.2) is 6.03 Å². The van der Waals surface area contributed by atoms with E-state index in [0.29, 0.717) is 6.54 Å². The molecule has 0 saturated heterocycles. The Bertz CT molecular complexity index is 631. The number of amides is 2. The quantitative estimate of drug-likeness (QED) is 0.878. The van der Waals surface area contributed by atoms with Gasteiger partial charge in [0.2, 0.25) is 0 Å². The fourth-order valence-electron chi connectivity index (χ4n) is 1.74. The Morgan fingerprint density at radius 2 is 2.00 bits per heavy atom. The Morgan fingerprint density at radius 3 is 2.70 bits per heavy atom. The summed E-state index contributed by atoms with van der Waals surface area (Å²) in [5.74, 6) is -0.566. The van der Waals surface area contributed by atoms with E-state index in [9.17, 15) is 9.18 Å². The third-order valence-corrected chi connectivity index (χ3v) is 3.12. The van der Waals surface area contributed by atoms with Crippen LogP contribution < -0.4 is 10.6 Å². The summed E-state index contributed by atoms with van der Waals surface area (Å²) in [7, 11) is 0. The number of rotatable bonds is 3. The number of urea groups is 1. The molecule has 0 unspecified atom stereocenters. The molecule has 0 aliphatic carbocycles. The number of carbonyl (C=O) groups is 1. The second-order valence-electron chi connectivity index (χ2n) is 4.36. The zero-order valence-corrected chi connectivity index (χ0v) is 11.7. The minimum absolute atomic E-state index is 0.0942. The highest BCUT2D eigenvalue weighted by Crippen LogP contribution is 2.18. The Kier molecular flexibility index (Phi) is 4.58. The van der Waals surface area contributed by atoms with Gasteiger partial charge in [-0.15, -0.1) is 0 Å². The molecule has 0 spiro atoms. The van der Waals surface area contributed by atoms with Gasteiger partial charge in [0.15, 0.2) is 0 Å². The van der Waals surface area contributed by atoms with Crippen LogP contribution in [0.25, 0.3) is 0 Å². The van der Waals surface area contributed by atoms with Crippen LogP contribution in [0, 0.1) is 12.7 Å². The smallest absolute Gasteiger partial charge is 0.319 e. The van der Waals surface area contributed by atoms with Gasteiger partial charge in [0.05, 0.1) is 5.69 Å². The van der Waals surface area contributed by atoms with E-state index in [1.165, 1.54) is 12.1 Å². The van der Waals surface area contributed by atoms with Gasteiger partial charge in [-0.05, 0) is 36.2 Å². The summed E-state index contributed by atoms with van der Waals surface area (Å²) in [6, 6.07) is 11.4. The Labute approximate surface area is 121 Å². The summed E-state index contributed by atoms with van der Waals surface area (Å²) in [6.07, 6.45) is 0. The second-order valence-corrected chi connectivity index (χ2v) is 4.79. The van der Waals surface area contributed by atoms with E-state index in [4.69, 9.17) is 11.6 Å². The third kappa shape index (κ3) is 3.71. The van der Waals surface area contributed by atoms with Gasteiger partial charge < -0.3 is 10.6 Å². The lowest BCUT2D eigenvalue weighted by molar-refractivity contribution is 0.251. The molecule has 0 radical (unpaired) electrons. The van der Waals surface area contributed by atoms with Crippen molar-refractivity contribution in [2.75, 3.05) is 5.32 Å². The van der Waals surface area contributed by atoms with Gasteiger partial charge in [-0.3, -0.25) is 0 Å². The molecule has 2 rings (SSSR count). The molecule has 0 heterocycles. The Hall–Kier alpha value is -2.07. The van der Waals surface area contributed by atoms with E-state index in [0.717, 1.165) is 17.2 Å². The average Bonchev–Trinajstić information content (AvgIpc) is 2.41. The lowest BCUT2D eigenvalue weighted by atomic mass is 10.1. The lowest BCUT2D eigenvalue weighted by Crippen LogP contribution is -2.28. The van der Waals surface area contributed by atoms with Crippen molar-refractivity contribution >= 4 is 23.3 Å². The molecule has 0 saturated carbocycles. The van der Waals surface area contributed by atoms with E-state index >= 15 is 0 Å². The predicted octanol–water partition coefficient (Wildman–Crippen LogP) is 4.11. The Morgan fingerprint density at radius 1 is 1.25 bits per heavy atom. The first-order chi connectivity index (χ1) is 9.56. The van der Waals surface area contributed by atoms with Gasteiger partial charge in [-0.25, -0.2) is 9.18 Å². The van der Waals surface area contributed by atoms with Gasteiger partial charge >= 0.3 is 6.03 Å². The summed E-state index contributed by atoms with van der Waals surface area (Å²) in [4.78, 5) is 11.7. The lowest BCUT2D eigenvalue weighted by Gasteiger charge is -2.10. The Balaban J connectivity index is 1.94. The van der Waals surface area contributed by atoms with E-state index in [1.807, 2.05) is 31.2 Å². The zero-order valence-electron chi connectivity index (χ0n) is 10.9. The number of aryl methyl sites for hydroxylation is 1. The molecule has 0 atom stereocenters. The molecule has 2 aromatic rings. The highest BCUT2D eigenvalue weighted by atomic mass is 35.5. The molecule has 0 aliphatic heterocycles. The van der Waals surface area contributed by atoms with Crippen molar-refractivity contribution in [3.05, 3.63) is 64.4 Å². The number of carbonyl (C=O) groups excluding carboxylic acids is 1. The van der Waals surface area contributed by atoms with Gasteiger partial charge in [0, 0.05) is 11.6 Å². The van der Waals surface area contributed by atoms with Crippen molar-refractivity contribution in [3.63, 3.8) is 0 Å². The molecule has 5 heteroatoms. The molecule has 2 N–H and O–H groups in total. The molecular weight excluding hydrogens is 279 g/mol. The largest absolute Gasteiger partial charge is 0.334 e. The molecule has 20 heavy (non-hydrogen) atoms. The monoisotopic (exact) mass is 292 g/mol. The van der Waals surface area contributed by atoms with Crippen molar-refractivity contribution < 1.29 is 9.18 Å². The van der Waals surface area contributed by atoms with Crippen LogP contribution in [0.2, 0.25) is 5.02 Å². The van der Waals surface area contributed by atoms with Crippen LogP contribution >= 0.6 is 11.6 Å². The first-order valence-corrected chi connectivity index (χ1v) is 6.48. The summed E-state index contributed by atoms with van der Waals surface area (Å²) >= 11 is 5.64. The van der Waals surface area contributed by atoms with Crippen molar-refractivity contribution in [1.82, 2.24) is 5.32 Å². The summed E-state index contributed by atoms with van der Waals surface area (Å²) in [5.41, 5.74) is 2.20. The summed E-state index contributed by atoms with van der Waals surface area (Å²) < 4.78 is 13.5. The molecule has 0 aromatic heterocycles. The molecule has 0 fully saturated rings. The zero-order chi connectivity index (χ0) is 14.5. The molecule has 3 nitrogen and oxygen atoms in total.